The molecule has 23 heavy (non-hydrogen) atoms. The topological polar surface area (TPSA) is 88.9 Å². The summed E-state index contributed by atoms with van der Waals surface area (Å²) in [5.41, 5.74) is 1.16. The molecule has 7 nitrogen and oxygen atoms in total. The number of carbonyl (C=O) groups is 2. The van der Waals surface area contributed by atoms with E-state index in [4.69, 9.17) is 0 Å². The van der Waals surface area contributed by atoms with E-state index in [0.29, 0.717) is 17.8 Å². The van der Waals surface area contributed by atoms with Crippen LogP contribution in [-0.2, 0) is 18.3 Å². The Bertz CT molecular complexity index is 691. The zero-order valence-corrected chi connectivity index (χ0v) is 13.0. The summed E-state index contributed by atoms with van der Waals surface area (Å²) in [5.74, 6) is 0.456. The Labute approximate surface area is 134 Å². The van der Waals surface area contributed by atoms with Crippen molar-refractivity contribution in [1.82, 2.24) is 20.1 Å². The highest BCUT2D eigenvalue weighted by Crippen LogP contribution is 2.09. The minimum absolute atomic E-state index is 0.149. The SMILES string of the molecule is C=CC(=O)Nc1ccc(C(=O)NCCCc2ncnn2C)cc1. The maximum Gasteiger partial charge on any atom is 0.251 e. The van der Waals surface area contributed by atoms with E-state index in [1.54, 1.807) is 28.9 Å². The maximum atomic E-state index is 12.0. The van der Waals surface area contributed by atoms with E-state index >= 15 is 0 Å². The summed E-state index contributed by atoms with van der Waals surface area (Å²) >= 11 is 0. The van der Waals surface area contributed by atoms with Crippen LogP contribution in [0.5, 0.6) is 0 Å². The minimum Gasteiger partial charge on any atom is -0.352 e. The van der Waals surface area contributed by atoms with Crippen LogP contribution in [0.15, 0.2) is 43.2 Å². The van der Waals surface area contributed by atoms with E-state index in [1.807, 2.05) is 7.05 Å². The zero-order valence-electron chi connectivity index (χ0n) is 13.0. The van der Waals surface area contributed by atoms with Crippen LogP contribution in [0.4, 0.5) is 5.69 Å². The van der Waals surface area contributed by atoms with Gasteiger partial charge in [0.05, 0.1) is 0 Å². The van der Waals surface area contributed by atoms with Gasteiger partial charge >= 0.3 is 0 Å². The fourth-order valence-corrected chi connectivity index (χ4v) is 2.00. The van der Waals surface area contributed by atoms with Crippen molar-refractivity contribution in [3.8, 4) is 0 Å². The van der Waals surface area contributed by atoms with Crippen molar-refractivity contribution in [1.29, 1.82) is 0 Å². The predicted molar refractivity (Wildman–Crippen MR) is 86.9 cm³/mol. The van der Waals surface area contributed by atoms with Gasteiger partial charge in [-0.15, -0.1) is 0 Å². The second-order valence-corrected chi connectivity index (χ2v) is 4.93. The smallest absolute Gasteiger partial charge is 0.251 e. The summed E-state index contributed by atoms with van der Waals surface area (Å²) in [6.45, 7) is 3.94. The third kappa shape index (κ3) is 4.77. The van der Waals surface area contributed by atoms with Gasteiger partial charge in [0.25, 0.3) is 5.91 Å². The molecule has 0 aliphatic heterocycles. The standard InChI is InChI=1S/C16H19N5O2/c1-3-15(22)20-13-8-6-12(7-9-13)16(23)17-10-4-5-14-18-11-19-21(14)2/h3,6-9,11H,1,4-5,10H2,2H3,(H,17,23)(H,20,22). The Morgan fingerprint density at radius 1 is 1.30 bits per heavy atom. The van der Waals surface area contributed by atoms with Crippen LogP contribution >= 0.6 is 0 Å². The van der Waals surface area contributed by atoms with Crippen molar-refractivity contribution in [2.45, 2.75) is 12.8 Å². The fourth-order valence-electron chi connectivity index (χ4n) is 2.00. The number of aromatic nitrogens is 3. The second kappa shape index (κ2) is 7.88. The molecule has 2 amide bonds. The van der Waals surface area contributed by atoms with Crippen molar-refractivity contribution >= 4 is 17.5 Å². The molecule has 0 aliphatic carbocycles. The van der Waals surface area contributed by atoms with Gasteiger partial charge in [-0.3, -0.25) is 14.3 Å². The van der Waals surface area contributed by atoms with E-state index in [1.165, 1.54) is 12.4 Å². The summed E-state index contributed by atoms with van der Waals surface area (Å²) in [5, 5.41) is 9.47. The van der Waals surface area contributed by atoms with Gasteiger partial charge in [0.15, 0.2) is 0 Å². The average Bonchev–Trinajstić information content (AvgIpc) is 2.97. The molecule has 0 fully saturated rings. The van der Waals surface area contributed by atoms with E-state index in [9.17, 15) is 9.59 Å². The molecule has 2 N–H and O–H groups in total. The van der Waals surface area contributed by atoms with E-state index < -0.39 is 0 Å². The number of amides is 2. The van der Waals surface area contributed by atoms with Gasteiger partial charge in [0, 0.05) is 31.3 Å². The Morgan fingerprint density at radius 2 is 2.04 bits per heavy atom. The molecule has 0 bridgehead atoms. The van der Waals surface area contributed by atoms with Crippen LogP contribution in [0, 0.1) is 0 Å². The number of benzene rings is 1. The Kier molecular flexibility index (Phi) is 5.62. The van der Waals surface area contributed by atoms with E-state index in [-0.39, 0.29) is 11.8 Å². The molecule has 1 aromatic carbocycles. The van der Waals surface area contributed by atoms with Gasteiger partial charge in [-0.05, 0) is 36.8 Å². The average molecular weight is 313 g/mol. The Balaban J connectivity index is 1.78. The van der Waals surface area contributed by atoms with E-state index in [0.717, 1.165) is 18.7 Å². The number of carbonyl (C=O) groups excluding carboxylic acids is 2. The lowest BCUT2D eigenvalue weighted by Crippen LogP contribution is -2.25. The van der Waals surface area contributed by atoms with Crippen LogP contribution < -0.4 is 10.6 Å². The number of aryl methyl sites for hydroxylation is 2. The molecule has 120 valence electrons. The number of hydrogen-bond acceptors (Lipinski definition) is 4. The Morgan fingerprint density at radius 3 is 2.65 bits per heavy atom. The molecule has 0 saturated carbocycles. The summed E-state index contributed by atoms with van der Waals surface area (Å²) < 4.78 is 1.72. The monoisotopic (exact) mass is 313 g/mol. The van der Waals surface area contributed by atoms with Crippen molar-refractivity contribution in [3.63, 3.8) is 0 Å². The molecule has 0 radical (unpaired) electrons. The number of hydrogen-bond donors (Lipinski definition) is 2. The van der Waals surface area contributed by atoms with Gasteiger partial charge in [-0.1, -0.05) is 6.58 Å². The van der Waals surface area contributed by atoms with Gasteiger partial charge < -0.3 is 10.6 Å². The predicted octanol–water partition coefficient (Wildman–Crippen LogP) is 1.30. The van der Waals surface area contributed by atoms with Gasteiger partial charge in [0.2, 0.25) is 5.91 Å². The highest BCUT2D eigenvalue weighted by molar-refractivity contribution is 5.99. The third-order valence-electron chi connectivity index (χ3n) is 3.27. The molecule has 0 aliphatic rings. The summed E-state index contributed by atoms with van der Waals surface area (Å²) in [4.78, 5) is 27.3. The molecular formula is C16H19N5O2. The van der Waals surface area contributed by atoms with Crippen molar-refractivity contribution in [2.24, 2.45) is 7.05 Å². The van der Waals surface area contributed by atoms with Gasteiger partial charge in [-0.2, -0.15) is 5.10 Å². The first-order chi connectivity index (χ1) is 11.1. The maximum absolute atomic E-state index is 12.0. The largest absolute Gasteiger partial charge is 0.352 e. The third-order valence-corrected chi connectivity index (χ3v) is 3.27. The van der Waals surface area contributed by atoms with Crippen LogP contribution in [0.1, 0.15) is 22.6 Å². The van der Waals surface area contributed by atoms with Gasteiger partial charge in [0.1, 0.15) is 12.2 Å². The molecule has 7 heteroatoms. The molecule has 1 heterocycles. The highest BCUT2D eigenvalue weighted by Gasteiger charge is 2.06. The molecule has 0 spiro atoms. The first kappa shape index (κ1) is 16.4. The number of nitrogens with one attached hydrogen (secondary N) is 2. The van der Waals surface area contributed by atoms with Crippen molar-refractivity contribution in [3.05, 3.63) is 54.6 Å². The van der Waals surface area contributed by atoms with Crippen LogP contribution in [-0.4, -0.2) is 33.1 Å². The number of anilines is 1. The quantitative estimate of drug-likeness (QED) is 0.596. The molecule has 0 saturated heterocycles. The highest BCUT2D eigenvalue weighted by atomic mass is 16.2. The summed E-state index contributed by atoms with van der Waals surface area (Å²) in [7, 11) is 1.84. The van der Waals surface area contributed by atoms with Crippen molar-refractivity contribution < 1.29 is 9.59 Å². The first-order valence-corrected chi connectivity index (χ1v) is 7.24. The normalized spacial score (nSPS) is 10.1. The summed E-state index contributed by atoms with van der Waals surface area (Å²) in [6.07, 6.45) is 4.24. The molecule has 1 aromatic heterocycles. The van der Waals surface area contributed by atoms with Crippen LogP contribution in [0.25, 0.3) is 0 Å². The molecule has 0 unspecified atom stereocenters. The summed E-state index contributed by atoms with van der Waals surface area (Å²) in [6, 6.07) is 6.68. The lowest BCUT2D eigenvalue weighted by Gasteiger charge is -2.06. The fraction of sp³-hybridized carbons (Fsp3) is 0.250. The molecule has 0 atom stereocenters. The molecule has 2 aromatic rings. The van der Waals surface area contributed by atoms with E-state index in [2.05, 4.69) is 27.3 Å². The Hall–Kier alpha value is -2.96. The number of rotatable bonds is 7. The van der Waals surface area contributed by atoms with Gasteiger partial charge in [-0.25, -0.2) is 4.98 Å². The molecular weight excluding hydrogens is 294 g/mol. The van der Waals surface area contributed by atoms with Crippen molar-refractivity contribution in [2.75, 3.05) is 11.9 Å². The zero-order chi connectivity index (χ0) is 16.7. The van der Waals surface area contributed by atoms with Crippen LogP contribution in [0.2, 0.25) is 0 Å². The number of nitrogens with zero attached hydrogens (tertiary/aromatic N) is 3. The first-order valence-electron chi connectivity index (χ1n) is 7.24. The lowest BCUT2D eigenvalue weighted by atomic mass is 10.2. The second-order valence-electron chi connectivity index (χ2n) is 4.93. The lowest BCUT2D eigenvalue weighted by molar-refractivity contribution is -0.111. The molecule has 2 rings (SSSR count). The van der Waals surface area contributed by atoms with Crippen LogP contribution in [0.3, 0.4) is 0 Å². The minimum atomic E-state index is -0.286.